The lowest BCUT2D eigenvalue weighted by Gasteiger charge is -2.22. The lowest BCUT2D eigenvalue weighted by molar-refractivity contribution is 0.373. The summed E-state index contributed by atoms with van der Waals surface area (Å²) in [6.45, 7) is 3.09. The topological polar surface area (TPSA) is 49.8 Å². The number of hydrogen-bond acceptors (Lipinski definition) is 4. The Morgan fingerprint density at radius 3 is 2.59 bits per heavy atom. The lowest BCUT2D eigenvalue weighted by Crippen LogP contribution is -2.18. The highest BCUT2D eigenvalue weighted by atomic mass is 15.1. The van der Waals surface area contributed by atoms with Crippen molar-refractivity contribution in [2.24, 2.45) is 5.92 Å². The molecule has 1 aliphatic carbocycles. The molecule has 1 saturated carbocycles. The van der Waals surface area contributed by atoms with Crippen LogP contribution in [0, 0.1) is 12.8 Å². The first kappa shape index (κ1) is 12.1. The molecule has 2 rings (SSSR count). The van der Waals surface area contributed by atoms with E-state index in [1.54, 1.807) is 6.33 Å². The molecule has 1 aromatic rings. The van der Waals surface area contributed by atoms with E-state index in [-0.39, 0.29) is 0 Å². The molecule has 4 heteroatoms. The molecular weight excluding hydrogens is 212 g/mol. The third-order valence-corrected chi connectivity index (χ3v) is 3.60. The molecule has 94 valence electrons. The van der Waals surface area contributed by atoms with Crippen molar-refractivity contribution in [1.29, 1.82) is 0 Å². The first-order chi connectivity index (χ1) is 8.31. The summed E-state index contributed by atoms with van der Waals surface area (Å²) >= 11 is 0. The van der Waals surface area contributed by atoms with Crippen LogP contribution >= 0.6 is 0 Å². The molecule has 1 aliphatic rings. The zero-order valence-corrected chi connectivity index (χ0v) is 10.8. The zero-order valence-electron chi connectivity index (χ0n) is 10.8. The lowest BCUT2D eigenvalue weighted by atomic mass is 9.89. The predicted octanol–water partition coefficient (Wildman–Crippen LogP) is 2.82. The summed E-state index contributed by atoms with van der Waals surface area (Å²) < 4.78 is 0. The second kappa shape index (κ2) is 5.84. The molecule has 2 N–H and O–H groups in total. The van der Waals surface area contributed by atoms with Gasteiger partial charge in [0.2, 0.25) is 0 Å². The highest BCUT2D eigenvalue weighted by Gasteiger charge is 2.14. The molecule has 0 aliphatic heterocycles. The smallest absolute Gasteiger partial charge is 0.134 e. The number of nitrogens with one attached hydrogen (secondary N) is 2. The molecule has 0 radical (unpaired) electrons. The van der Waals surface area contributed by atoms with E-state index >= 15 is 0 Å². The van der Waals surface area contributed by atoms with Gasteiger partial charge < -0.3 is 10.6 Å². The largest absolute Gasteiger partial charge is 0.373 e. The van der Waals surface area contributed by atoms with Gasteiger partial charge in [-0.1, -0.05) is 19.3 Å². The van der Waals surface area contributed by atoms with Crippen molar-refractivity contribution < 1.29 is 0 Å². The number of anilines is 2. The van der Waals surface area contributed by atoms with Crippen LogP contribution in [0.4, 0.5) is 11.6 Å². The fourth-order valence-corrected chi connectivity index (χ4v) is 2.51. The summed E-state index contributed by atoms with van der Waals surface area (Å²) in [6, 6.07) is 0. The molecule has 1 heterocycles. The second-order valence-electron chi connectivity index (χ2n) is 4.83. The predicted molar refractivity (Wildman–Crippen MR) is 71.4 cm³/mol. The van der Waals surface area contributed by atoms with Crippen molar-refractivity contribution in [2.75, 3.05) is 24.2 Å². The van der Waals surface area contributed by atoms with E-state index in [1.165, 1.54) is 32.1 Å². The molecular formula is C13H22N4. The van der Waals surface area contributed by atoms with Gasteiger partial charge in [-0.15, -0.1) is 0 Å². The first-order valence-electron chi connectivity index (χ1n) is 6.54. The van der Waals surface area contributed by atoms with Gasteiger partial charge in [0.1, 0.15) is 18.0 Å². The van der Waals surface area contributed by atoms with Gasteiger partial charge >= 0.3 is 0 Å². The van der Waals surface area contributed by atoms with Crippen molar-refractivity contribution in [3.63, 3.8) is 0 Å². The van der Waals surface area contributed by atoms with E-state index in [2.05, 4.69) is 27.5 Å². The van der Waals surface area contributed by atoms with E-state index in [4.69, 9.17) is 0 Å². The maximum Gasteiger partial charge on any atom is 0.134 e. The van der Waals surface area contributed by atoms with Gasteiger partial charge in [-0.3, -0.25) is 0 Å². The molecule has 1 aromatic heterocycles. The average Bonchev–Trinajstić information content (AvgIpc) is 2.39. The summed E-state index contributed by atoms with van der Waals surface area (Å²) in [4.78, 5) is 8.50. The SMILES string of the molecule is CNc1ncnc(NCC2CCCCC2)c1C. The molecule has 0 spiro atoms. The van der Waals surface area contributed by atoms with Gasteiger partial charge in [0, 0.05) is 19.2 Å². The number of aromatic nitrogens is 2. The summed E-state index contributed by atoms with van der Waals surface area (Å²) in [6.07, 6.45) is 8.51. The summed E-state index contributed by atoms with van der Waals surface area (Å²) in [5, 5.41) is 6.55. The quantitative estimate of drug-likeness (QED) is 0.841. The maximum absolute atomic E-state index is 4.31. The van der Waals surface area contributed by atoms with Gasteiger partial charge in [-0.2, -0.15) is 0 Å². The molecule has 17 heavy (non-hydrogen) atoms. The number of rotatable bonds is 4. The van der Waals surface area contributed by atoms with Crippen molar-refractivity contribution in [1.82, 2.24) is 9.97 Å². The highest BCUT2D eigenvalue weighted by molar-refractivity contribution is 5.55. The van der Waals surface area contributed by atoms with Gasteiger partial charge in [-0.05, 0) is 25.7 Å². The highest BCUT2D eigenvalue weighted by Crippen LogP contribution is 2.24. The summed E-state index contributed by atoms with van der Waals surface area (Å²) in [7, 11) is 1.89. The van der Waals surface area contributed by atoms with E-state index in [1.807, 2.05) is 7.05 Å². The fraction of sp³-hybridized carbons (Fsp3) is 0.692. The van der Waals surface area contributed by atoms with Crippen LogP contribution in [0.15, 0.2) is 6.33 Å². The third-order valence-electron chi connectivity index (χ3n) is 3.60. The Hall–Kier alpha value is -1.32. The molecule has 1 fully saturated rings. The van der Waals surface area contributed by atoms with Gasteiger partial charge in [0.15, 0.2) is 0 Å². The van der Waals surface area contributed by atoms with Crippen LogP contribution in [0.2, 0.25) is 0 Å². The summed E-state index contributed by atoms with van der Waals surface area (Å²) in [5.74, 6) is 2.69. The van der Waals surface area contributed by atoms with Crippen LogP contribution in [-0.2, 0) is 0 Å². The fourth-order valence-electron chi connectivity index (χ4n) is 2.51. The van der Waals surface area contributed by atoms with Crippen LogP contribution in [0.1, 0.15) is 37.7 Å². The molecule has 0 unspecified atom stereocenters. The molecule has 0 saturated heterocycles. The van der Waals surface area contributed by atoms with Crippen molar-refractivity contribution in [3.8, 4) is 0 Å². The Bertz CT molecular complexity index is 358. The standard InChI is InChI=1S/C13H22N4/c1-10-12(14-2)16-9-17-13(10)15-8-11-6-4-3-5-7-11/h9,11H,3-8H2,1-2H3,(H2,14,15,16,17). The Labute approximate surface area is 103 Å². The van der Waals surface area contributed by atoms with Crippen LogP contribution < -0.4 is 10.6 Å². The monoisotopic (exact) mass is 234 g/mol. The molecule has 0 atom stereocenters. The molecule has 0 aromatic carbocycles. The molecule has 4 nitrogen and oxygen atoms in total. The maximum atomic E-state index is 4.31. The minimum Gasteiger partial charge on any atom is -0.373 e. The number of nitrogens with zero attached hydrogens (tertiary/aromatic N) is 2. The molecule has 0 bridgehead atoms. The minimum absolute atomic E-state index is 0.816. The van der Waals surface area contributed by atoms with Crippen LogP contribution in [0.5, 0.6) is 0 Å². The van der Waals surface area contributed by atoms with Crippen LogP contribution in [0.3, 0.4) is 0 Å². The van der Waals surface area contributed by atoms with Crippen LogP contribution in [0.25, 0.3) is 0 Å². The number of hydrogen-bond donors (Lipinski definition) is 2. The normalized spacial score (nSPS) is 16.8. The van der Waals surface area contributed by atoms with Crippen molar-refractivity contribution in [2.45, 2.75) is 39.0 Å². The molecule has 0 amide bonds. The van der Waals surface area contributed by atoms with Gasteiger partial charge in [0.25, 0.3) is 0 Å². The van der Waals surface area contributed by atoms with E-state index < -0.39 is 0 Å². The zero-order chi connectivity index (χ0) is 12.1. The summed E-state index contributed by atoms with van der Waals surface area (Å²) in [5.41, 5.74) is 1.10. The van der Waals surface area contributed by atoms with E-state index in [0.717, 1.165) is 29.7 Å². The minimum atomic E-state index is 0.816. The van der Waals surface area contributed by atoms with Crippen LogP contribution in [-0.4, -0.2) is 23.6 Å². The first-order valence-corrected chi connectivity index (χ1v) is 6.54. The second-order valence-corrected chi connectivity index (χ2v) is 4.83. The van der Waals surface area contributed by atoms with Crippen molar-refractivity contribution in [3.05, 3.63) is 11.9 Å². The Morgan fingerprint density at radius 2 is 1.88 bits per heavy atom. The Kier molecular flexibility index (Phi) is 4.18. The third kappa shape index (κ3) is 3.08. The Balaban J connectivity index is 1.93. The van der Waals surface area contributed by atoms with Gasteiger partial charge in [0.05, 0.1) is 0 Å². The van der Waals surface area contributed by atoms with E-state index in [9.17, 15) is 0 Å². The van der Waals surface area contributed by atoms with E-state index in [0.29, 0.717) is 0 Å². The Morgan fingerprint density at radius 1 is 1.18 bits per heavy atom. The van der Waals surface area contributed by atoms with Crippen molar-refractivity contribution >= 4 is 11.6 Å². The average molecular weight is 234 g/mol. The van der Waals surface area contributed by atoms with Gasteiger partial charge in [-0.25, -0.2) is 9.97 Å².